The molecule has 0 spiro atoms. The number of rotatable bonds is 3. The van der Waals surface area contributed by atoms with Crippen molar-refractivity contribution in [3.8, 4) is 11.5 Å². The number of phenols is 2. The zero-order chi connectivity index (χ0) is 13.3. The molecule has 0 unspecified atom stereocenters. The van der Waals surface area contributed by atoms with Crippen LogP contribution in [0.4, 0.5) is 0 Å². The third-order valence-corrected chi connectivity index (χ3v) is 3.29. The van der Waals surface area contributed by atoms with E-state index in [-0.39, 0.29) is 28.5 Å². The summed E-state index contributed by atoms with van der Waals surface area (Å²) in [5.41, 5.74) is 5.91. The van der Waals surface area contributed by atoms with Gasteiger partial charge in [0.15, 0.2) is 11.5 Å². The minimum atomic E-state index is -0.368. The topological polar surface area (TPSA) is 86.8 Å². The molecule has 4 N–H and O–H groups in total. The fourth-order valence-electron chi connectivity index (χ4n) is 2.39. The van der Waals surface area contributed by atoms with Crippen molar-refractivity contribution in [1.82, 2.24) is 4.90 Å². The second kappa shape index (κ2) is 4.49. The van der Waals surface area contributed by atoms with Crippen molar-refractivity contribution < 1.29 is 15.0 Å². The van der Waals surface area contributed by atoms with E-state index in [9.17, 15) is 15.0 Å². The van der Waals surface area contributed by atoms with Gasteiger partial charge in [-0.15, -0.1) is 0 Å². The van der Waals surface area contributed by atoms with Crippen LogP contribution in [0.1, 0.15) is 30.1 Å². The molecule has 1 fully saturated rings. The summed E-state index contributed by atoms with van der Waals surface area (Å²) >= 11 is 0. The molecule has 98 valence electrons. The van der Waals surface area contributed by atoms with Gasteiger partial charge in [-0.25, -0.2) is 0 Å². The second-order valence-corrected chi connectivity index (χ2v) is 4.95. The maximum absolute atomic E-state index is 12.1. The second-order valence-electron chi connectivity index (χ2n) is 4.95. The van der Waals surface area contributed by atoms with E-state index in [0.29, 0.717) is 13.1 Å². The number of phenolic OH excluding ortho intramolecular Hbond substituents is 2. The lowest BCUT2D eigenvalue weighted by Crippen LogP contribution is -2.68. The van der Waals surface area contributed by atoms with Crippen molar-refractivity contribution in [2.45, 2.75) is 25.3 Å². The van der Waals surface area contributed by atoms with E-state index in [1.165, 1.54) is 18.2 Å². The van der Waals surface area contributed by atoms with Crippen LogP contribution in [0.2, 0.25) is 0 Å². The van der Waals surface area contributed by atoms with E-state index in [1.807, 2.05) is 0 Å². The Morgan fingerprint density at radius 3 is 2.72 bits per heavy atom. The highest BCUT2D eigenvalue weighted by molar-refractivity contribution is 5.98. The SMILES string of the molecule is CCCC1(N)CN(C(=O)c2cccc(O)c2O)C1. The highest BCUT2D eigenvalue weighted by atomic mass is 16.3. The Balaban J connectivity index is 2.08. The Morgan fingerprint density at radius 2 is 2.11 bits per heavy atom. The summed E-state index contributed by atoms with van der Waals surface area (Å²) in [5, 5.41) is 19.0. The maximum Gasteiger partial charge on any atom is 0.257 e. The molecule has 0 saturated carbocycles. The van der Waals surface area contributed by atoms with Gasteiger partial charge in [-0.1, -0.05) is 19.4 Å². The molecule has 1 saturated heterocycles. The summed E-state index contributed by atoms with van der Waals surface area (Å²) in [6.45, 7) is 3.05. The van der Waals surface area contributed by atoms with Crippen molar-refractivity contribution in [3.05, 3.63) is 23.8 Å². The normalized spacial score (nSPS) is 17.3. The summed E-state index contributed by atoms with van der Waals surface area (Å²) in [4.78, 5) is 13.7. The number of nitrogens with two attached hydrogens (primary N) is 1. The Bertz CT molecular complexity index is 467. The first kappa shape index (κ1) is 12.7. The molecule has 0 atom stereocenters. The molecule has 1 aromatic carbocycles. The van der Waals surface area contributed by atoms with Crippen LogP contribution in [-0.4, -0.2) is 39.6 Å². The highest BCUT2D eigenvalue weighted by Crippen LogP contribution is 2.32. The average Bonchev–Trinajstić information content (AvgIpc) is 2.29. The Hall–Kier alpha value is -1.75. The highest BCUT2D eigenvalue weighted by Gasteiger charge is 2.41. The van der Waals surface area contributed by atoms with Crippen LogP contribution in [0.25, 0.3) is 0 Å². The molecule has 1 amide bonds. The van der Waals surface area contributed by atoms with E-state index in [0.717, 1.165) is 12.8 Å². The average molecular weight is 250 g/mol. The number of nitrogens with zero attached hydrogens (tertiary/aromatic N) is 1. The van der Waals surface area contributed by atoms with Gasteiger partial charge in [0.2, 0.25) is 0 Å². The number of amides is 1. The molecule has 2 rings (SSSR count). The summed E-state index contributed by atoms with van der Waals surface area (Å²) in [7, 11) is 0. The molecule has 0 bridgehead atoms. The molecule has 5 nitrogen and oxygen atoms in total. The van der Waals surface area contributed by atoms with Crippen LogP contribution in [-0.2, 0) is 0 Å². The molecular weight excluding hydrogens is 232 g/mol. The fraction of sp³-hybridized carbons (Fsp3) is 0.462. The molecule has 0 aliphatic carbocycles. The van der Waals surface area contributed by atoms with Crippen LogP contribution < -0.4 is 5.73 Å². The number of carbonyl (C=O) groups is 1. The lowest BCUT2D eigenvalue weighted by molar-refractivity contribution is 0.0383. The summed E-state index contributed by atoms with van der Waals surface area (Å²) in [6, 6.07) is 4.37. The van der Waals surface area contributed by atoms with Crippen LogP contribution >= 0.6 is 0 Å². The third-order valence-electron chi connectivity index (χ3n) is 3.29. The van der Waals surface area contributed by atoms with E-state index in [2.05, 4.69) is 6.92 Å². The first-order chi connectivity index (χ1) is 8.47. The molecule has 0 radical (unpaired) electrons. The van der Waals surface area contributed by atoms with Crippen LogP contribution in [0.5, 0.6) is 11.5 Å². The predicted octanol–water partition coefficient (Wildman–Crippen LogP) is 1.05. The van der Waals surface area contributed by atoms with Gasteiger partial charge in [0.25, 0.3) is 5.91 Å². The number of hydrogen-bond acceptors (Lipinski definition) is 4. The zero-order valence-corrected chi connectivity index (χ0v) is 10.4. The number of hydrogen-bond donors (Lipinski definition) is 3. The molecule has 0 aromatic heterocycles. The quantitative estimate of drug-likeness (QED) is 0.700. The number of likely N-dealkylation sites (tertiary alicyclic amines) is 1. The van der Waals surface area contributed by atoms with Crippen molar-refractivity contribution in [3.63, 3.8) is 0 Å². The smallest absolute Gasteiger partial charge is 0.257 e. The molecule has 1 aromatic rings. The first-order valence-electron chi connectivity index (χ1n) is 6.06. The summed E-state index contributed by atoms with van der Waals surface area (Å²) in [6.07, 6.45) is 1.86. The molecular formula is C13H18N2O3. The van der Waals surface area contributed by atoms with Gasteiger partial charge in [0.1, 0.15) is 0 Å². The van der Waals surface area contributed by atoms with Crippen LogP contribution in [0.3, 0.4) is 0 Å². The van der Waals surface area contributed by atoms with Gasteiger partial charge >= 0.3 is 0 Å². The maximum atomic E-state index is 12.1. The van der Waals surface area contributed by atoms with Gasteiger partial charge in [0, 0.05) is 13.1 Å². The third kappa shape index (κ3) is 2.13. The largest absolute Gasteiger partial charge is 0.504 e. The van der Waals surface area contributed by atoms with E-state index in [4.69, 9.17) is 5.73 Å². The van der Waals surface area contributed by atoms with Crippen molar-refractivity contribution in [2.75, 3.05) is 13.1 Å². The van der Waals surface area contributed by atoms with E-state index in [1.54, 1.807) is 4.90 Å². The Labute approximate surface area is 106 Å². The minimum absolute atomic E-state index is 0.119. The van der Waals surface area contributed by atoms with Crippen molar-refractivity contribution in [2.24, 2.45) is 5.73 Å². The number of benzene rings is 1. The number of aromatic hydroxyl groups is 2. The van der Waals surface area contributed by atoms with Gasteiger partial charge in [0.05, 0.1) is 11.1 Å². The Kier molecular flexibility index (Phi) is 3.17. The van der Waals surface area contributed by atoms with Crippen LogP contribution in [0.15, 0.2) is 18.2 Å². The molecule has 18 heavy (non-hydrogen) atoms. The molecule has 1 aliphatic rings. The summed E-state index contributed by atoms with van der Waals surface area (Å²) in [5.74, 6) is -0.943. The molecule has 1 aliphatic heterocycles. The zero-order valence-electron chi connectivity index (χ0n) is 10.4. The first-order valence-corrected chi connectivity index (χ1v) is 6.06. The standard InChI is InChI=1S/C13H18N2O3/c1-2-6-13(14)7-15(8-13)12(18)9-4-3-5-10(16)11(9)17/h3-5,16-17H,2,6-8,14H2,1H3. The van der Waals surface area contributed by atoms with Crippen molar-refractivity contribution in [1.29, 1.82) is 0 Å². The fourth-order valence-corrected chi connectivity index (χ4v) is 2.39. The predicted molar refractivity (Wildman–Crippen MR) is 67.5 cm³/mol. The lowest BCUT2D eigenvalue weighted by Gasteiger charge is -2.47. The lowest BCUT2D eigenvalue weighted by atomic mass is 9.86. The number of carbonyl (C=O) groups excluding carboxylic acids is 1. The van der Waals surface area contributed by atoms with E-state index >= 15 is 0 Å². The van der Waals surface area contributed by atoms with E-state index < -0.39 is 0 Å². The van der Waals surface area contributed by atoms with Gasteiger partial charge in [-0.2, -0.15) is 0 Å². The van der Waals surface area contributed by atoms with Gasteiger partial charge in [-0.05, 0) is 18.6 Å². The molecule has 1 heterocycles. The summed E-state index contributed by atoms with van der Waals surface area (Å²) < 4.78 is 0. The van der Waals surface area contributed by atoms with Crippen molar-refractivity contribution >= 4 is 5.91 Å². The molecule has 5 heteroatoms. The van der Waals surface area contributed by atoms with Gasteiger partial charge in [-0.3, -0.25) is 4.79 Å². The monoisotopic (exact) mass is 250 g/mol. The minimum Gasteiger partial charge on any atom is -0.504 e. The van der Waals surface area contributed by atoms with Crippen LogP contribution in [0, 0.1) is 0 Å². The number of para-hydroxylation sites is 1. The Morgan fingerprint density at radius 1 is 1.44 bits per heavy atom. The van der Waals surface area contributed by atoms with Gasteiger partial charge < -0.3 is 20.8 Å².